The maximum Gasteiger partial charge on any atom is 0.180 e. The van der Waals surface area contributed by atoms with Crippen LogP contribution in [-0.4, -0.2) is 21.5 Å². The lowest BCUT2D eigenvalue weighted by Crippen LogP contribution is -2.10. The van der Waals surface area contributed by atoms with Gasteiger partial charge in [0.1, 0.15) is 11.5 Å². The molecule has 116 valence electrons. The molecule has 0 saturated heterocycles. The van der Waals surface area contributed by atoms with Crippen LogP contribution in [0.5, 0.6) is 0 Å². The van der Waals surface area contributed by atoms with Gasteiger partial charge in [0.05, 0.1) is 0 Å². The molecule has 0 atom stereocenters. The summed E-state index contributed by atoms with van der Waals surface area (Å²) in [5, 5.41) is 3.43. The third kappa shape index (κ3) is 3.72. The van der Waals surface area contributed by atoms with Gasteiger partial charge in [-0.3, -0.25) is 4.98 Å². The van der Waals surface area contributed by atoms with Crippen molar-refractivity contribution in [1.29, 1.82) is 0 Å². The van der Waals surface area contributed by atoms with Gasteiger partial charge in [0.2, 0.25) is 0 Å². The van der Waals surface area contributed by atoms with Crippen molar-refractivity contribution in [3.05, 3.63) is 71.5 Å². The summed E-state index contributed by atoms with van der Waals surface area (Å²) in [6.45, 7) is 4.89. The number of hydrogen-bond acceptors (Lipinski definition) is 4. The molecule has 0 unspecified atom stereocenters. The summed E-state index contributed by atoms with van der Waals surface area (Å²) in [6, 6.07) is 16.2. The van der Waals surface area contributed by atoms with Crippen LogP contribution in [0.15, 0.2) is 54.7 Å². The van der Waals surface area contributed by atoms with E-state index in [0.717, 1.165) is 35.7 Å². The average molecular weight is 304 g/mol. The highest BCUT2D eigenvalue weighted by Crippen LogP contribution is 2.20. The van der Waals surface area contributed by atoms with E-state index >= 15 is 0 Å². The van der Waals surface area contributed by atoms with Crippen LogP contribution in [0.25, 0.3) is 11.5 Å². The molecule has 0 aliphatic carbocycles. The van der Waals surface area contributed by atoms with Crippen molar-refractivity contribution in [1.82, 2.24) is 15.0 Å². The van der Waals surface area contributed by atoms with Gasteiger partial charge < -0.3 is 5.32 Å². The molecule has 0 amide bonds. The molecule has 23 heavy (non-hydrogen) atoms. The molecule has 3 rings (SSSR count). The van der Waals surface area contributed by atoms with E-state index in [2.05, 4.69) is 44.5 Å². The predicted molar refractivity (Wildman–Crippen MR) is 93.4 cm³/mol. The number of anilines is 1. The summed E-state index contributed by atoms with van der Waals surface area (Å²) >= 11 is 0. The lowest BCUT2D eigenvalue weighted by Gasteiger charge is -2.12. The Hall–Kier alpha value is -2.75. The smallest absolute Gasteiger partial charge is 0.180 e. The molecule has 4 heteroatoms. The minimum Gasteiger partial charge on any atom is -0.369 e. The number of aromatic nitrogens is 3. The highest BCUT2D eigenvalue weighted by molar-refractivity contribution is 5.56. The number of benzene rings is 1. The van der Waals surface area contributed by atoms with Gasteiger partial charge in [-0.15, -0.1) is 0 Å². The molecule has 0 radical (unpaired) electrons. The molecule has 4 nitrogen and oxygen atoms in total. The molecule has 2 aromatic heterocycles. The third-order valence-electron chi connectivity index (χ3n) is 3.83. The van der Waals surface area contributed by atoms with Crippen LogP contribution in [0.3, 0.4) is 0 Å². The van der Waals surface area contributed by atoms with Crippen LogP contribution in [0, 0.1) is 13.8 Å². The maximum absolute atomic E-state index is 4.65. The molecular formula is C19H20N4. The molecule has 2 heterocycles. The summed E-state index contributed by atoms with van der Waals surface area (Å²) in [5.74, 6) is 1.55. The quantitative estimate of drug-likeness (QED) is 0.778. The average Bonchev–Trinajstić information content (AvgIpc) is 2.60. The van der Waals surface area contributed by atoms with E-state index in [-0.39, 0.29) is 0 Å². The third-order valence-corrected chi connectivity index (χ3v) is 3.83. The van der Waals surface area contributed by atoms with Crippen molar-refractivity contribution in [3.63, 3.8) is 0 Å². The van der Waals surface area contributed by atoms with Gasteiger partial charge in [-0.2, -0.15) is 0 Å². The molecule has 0 aliphatic rings. The fourth-order valence-corrected chi connectivity index (χ4v) is 2.38. The highest BCUT2D eigenvalue weighted by atomic mass is 15.0. The van der Waals surface area contributed by atoms with Crippen LogP contribution in [-0.2, 0) is 6.42 Å². The Bertz CT molecular complexity index is 770. The predicted octanol–water partition coefficient (Wildman–Crippen LogP) is 3.81. The normalized spacial score (nSPS) is 10.5. The van der Waals surface area contributed by atoms with E-state index in [1.54, 1.807) is 6.20 Å². The van der Waals surface area contributed by atoms with E-state index in [1.807, 2.05) is 38.1 Å². The minimum absolute atomic E-state index is 0.663. The number of nitrogens with one attached hydrogen (secondary N) is 1. The first-order valence-corrected chi connectivity index (χ1v) is 7.78. The van der Waals surface area contributed by atoms with E-state index in [4.69, 9.17) is 0 Å². The van der Waals surface area contributed by atoms with Gasteiger partial charge in [0.15, 0.2) is 5.82 Å². The van der Waals surface area contributed by atoms with Crippen molar-refractivity contribution in [3.8, 4) is 11.5 Å². The van der Waals surface area contributed by atoms with Crippen LogP contribution in [0.1, 0.15) is 16.8 Å². The van der Waals surface area contributed by atoms with Gasteiger partial charge in [-0.25, -0.2) is 9.97 Å². The lowest BCUT2D eigenvalue weighted by molar-refractivity contribution is 0.980. The Morgan fingerprint density at radius 2 is 1.70 bits per heavy atom. The first kappa shape index (κ1) is 15.2. The van der Waals surface area contributed by atoms with Crippen LogP contribution in [0.2, 0.25) is 0 Å². The zero-order chi connectivity index (χ0) is 16.1. The van der Waals surface area contributed by atoms with Gasteiger partial charge in [-0.05, 0) is 38.0 Å². The summed E-state index contributed by atoms with van der Waals surface area (Å²) in [6.07, 6.45) is 2.72. The van der Waals surface area contributed by atoms with Gasteiger partial charge in [-0.1, -0.05) is 36.4 Å². The molecule has 0 spiro atoms. The molecule has 3 aromatic rings. The number of pyridine rings is 1. The molecule has 1 aromatic carbocycles. The number of hydrogen-bond donors (Lipinski definition) is 1. The second-order valence-corrected chi connectivity index (χ2v) is 5.48. The second-order valence-electron chi connectivity index (χ2n) is 5.48. The first-order valence-electron chi connectivity index (χ1n) is 7.78. The zero-order valence-corrected chi connectivity index (χ0v) is 13.5. The molecule has 0 saturated carbocycles. The maximum atomic E-state index is 4.65. The standard InChI is InChI=1S/C19H20N4/c1-14-15(2)22-19(17-10-6-7-12-20-17)23-18(14)21-13-11-16-8-4-3-5-9-16/h3-10,12H,11,13H2,1-2H3,(H,21,22,23). The Morgan fingerprint density at radius 1 is 0.913 bits per heavy atom. The number of aryl methyl sites for hydroxylation is 1. The zero-order valence-electron chi connectivity index (χ0n) is 13.5. The largest absolute Gasteiger partial charge is 0.369 e. The van der Waals surface area contributed by atoms with Crippen molar-refractivity contribution in [2.45, 2.75) is 20.3 Å². The van der Waals surface area contributed by atoms with Crippen molar-refractivity contribution < 1.29 is 0 Å². The number of rotatable bonds is 5. The van der Waals surface area contributed by atoms with Crippen molar-refractivity contribution in [2.24, 2.45) is 0 Å². The van der Waals surface area contributed by atoms with Crippen LogP contribution >= 0.6 is 0 Å². The first-order chi connectivity index (χ1) is 11.2. The topological polar surface area (TPSA) is 50.7 Å². The van der Waals surface area contributed by atoms with Gasteiger partial charge in [0.25, 0.3) is 0 Å². The minimum atomic E-state index is 0.663. The molecule has 0 aliphatic heterocycles. The monoisotopic (exact) mass is 304 g/mol. The lowest BCUT2D eigenvalue weighted by atomic mass is 10.1. The fourth-order valence-electron chi connectivity index (χ4n) is 2.38. The van der Waals surface area contributed by atoms with Crippen LogP contribution in [0.4, 0.5) is 5.82 Å². The second kappa shape index (κ2) is 7.01. The highest BCUT2D eigenvalue weighted by Gasteiger charge is 2.10. The van der Waals surface area contributed by atoms with Crippen LogP contribution < -0.4 is 5.32 Å². The fraction of sp³-hybridized carbons (Fsp3) is 0.211. The summed E-state index contributed by atoms with van der Waals surface area (Å²) in [4.78, 5) is 13.5. The van der Waals surface area contributed by atoms with Gasteiger partial charge >= 0.3 is 0 Å². The molecule has 0 fully saturated rings. The molecule has 0 bridgehead atoms. The molecular weight excluding hydrogens is 284 g/mol. The number of nitrogens with zero attached hydrogens (tertiary/aromatic N) is 3. The SMILES string of the molecule is Cc1nc(-c2ccccn2)nc(NCCc2ccccc2)c1C. The van der Waals surface area contributed by atoms with E-state index in [0.29, 0.717) is 5.82 Å². The Morgan fingerprint density at radius 3 is 2.43 bits per heavy atom. The summed E-state index contributed by atoms with van der Waals surface area (Å²) in [7, 11) is 0. The van der Waals surface area contributed by atoms with E-state index < -0.39 is 0 Å². The molecule has 1 N–H and O–H groups in total. The van der Waals surface area contributed by atoms with E-state index in [9.17, 15) is 0 Å². The Kier molecular flexibility index (Phi) is 4.62. The van der Waals surface area contributed by atoms with Gasteiger partial charge in [0, 0.05) is 24.0 Å². The summed E-state index contributed by atoms with van der Waals surface area (Å²) < 4.78 is 0. The summed E-state index contributed by atoms with van der Waals surface area (Å²) in [5.41, 5.74) is 4.16. The Labute approximate surface area is 136 Å². The Balaban J connectivity index is 1.77. The van der Waals surface area contributed by atoms with E-state index in [1.165, 1.54) is 5.56 Å². The van der Waals surface area contributed by atoms with Crippen molar-refractivity contribution in [2.75, 3.05) is 11.9 Å². The van der Waals surface area contributed by atoms with Crippen molar-refractivity contribution >= 4 is 5.82 Å².